The number of aromatic nitrogens is 3. The molecule has 0 saturated carbocycles. The average molecular weight is 520 g/mol. The number of allylic oxidation sites excluding steroid dienone is 1. The molecule has 4 heterocycles. The van der Waals surface area contributed by atoms with Crippen LogP contribution in [0.25, 0.3) is 71.3 Å². The first-order valence-corrected chi connectivity index (χ1v) is 14.1. The molecule has 0 aliphatic heterocycles. The number of thiophene rings is 1. The summed E-state index contributed by atoms with van der Waals surface area (Å²) < 4.78 is 5.89. The van der Waals surface area contributed by atoms with Gasteiger partial charge in [0, 0.05) is 43.7 Å². The van der Waals surface area contributed by atoms with E-state index in [1.807, 2.05) is 17.5 Å². The van der Waals surface area contributed by atoms with Gasteiger partial charge in [0.05, 0.1) is 26.8 Å². The fourth-order valence-corrected chi connectivity index (χ4v) is 7.17. The highest BCUT2D eigenvalue weighted by molar-refractivity contribution is 7.19. The van der Waals surface area contributed by atoms with Gasteiger partial charge in [-0.25, -0.2) is 4.98 Å². The van der Waals surface area contributed by atoms with Crippen molar-refractivity contribution in [3.63, 3.8) is 0 Å². The summed E-state index contributed by atoms with van der Waals surface area (Å²) in [6.07, 6.45) is 4.39. The van der Waals surface area contributed by atoms with Gasteiger partial charge in [-0.05, 0) is 55.8 Å². The maximum absolute atomic E-state index is 4.96. The molecule has 8 aromatic rings. The number of hydrogen-bond acceptors (Lipinski definition) is 2. The predicted molar refractivity (Wildman–Crippen MR) is 168 cm³/mol. The van der Waals surface area contributed by atoms with Crippen LogP contribution in [0.2, 0.25) is 0 Å². The van der Waals surface area contributed by atoms with E-state index in [1.54, 1.807) is 0 Å². The Hall–Kier alpha value is -4.67. The van der Waals surface area contributed by atoms with Gasteiger partial charge in [-0.3, -0.25) is 4.57 Å². The number of hydrogen-bond donors (Lipinski definition) is 0. The molecule has 0 fully saturated rings. The molecule has 0 bridgehead atoms. The van der Waals surface area contributed by atoms with Crippen molar-refractivity contribution in [2.75, 3.05) is 0 Å². The Bertz CT molecular complexity index is 2150. The Balaban J connectivity index is 1.36. The van der Waals surface area contributed by atoms with E-state index < -0.39 is 0 Å². The number of fused-ring (bicyclic) bond motifs is 7. The molecule has 4 heteroatoms. The van der Waals surface area contributed by atoms with Crippen LogP contribution >= 0.6 is 11.3 Å². The fourth-order valence-electron chi connectivity index (χ4n) is 6.18. The number of pyridine rings is 1. The Kier molecular flexibility index (Phi) is 4.82. The Morgan fingerprint density at radius 1 is 0.667 bits per heavy atom. The van der Waals surface area contributed by atoms with Gasteiger partial charge >= 0.3 is 0 Å². The van der Waals surface area contributed by atoms with Gasteiger partial charge in [-0.15, -0.1) is 11.3 Å². The van der Waals surface area contributed by atoms with E-state index in [1.165, 1.54) is 69.8 Å². The third kappa shape index (κ3) is 3.25. The summed E-state index contributed by atoms with van der Waals surface area (Å²) in [5, 5.41) is 6.30. The number of benzene rings is 4. The Morgan fingerprint density at radius 2 is 1.15 bits per heavy atom. The topological polar surface area (TPSA) is 22.8 Å². The molecule has 0 atom stereocenters. The first kappa shape index (κ1) is 22.3. The van der Waals surface area contributed by atoms with Crippen LogP contribution in [0.15, 0.2) is 109 Å². The van der Waals surface area contributed by atoms with Crippen LogP contribution in [0, 0.1) is 6.92 Å². The highest BCUT2D eigenvalue weighted by Crippen LogP contribution is 2.38. The van der Waals surface area contributed by atoms with E-state index in [2.05, 4.69) is 132 Å². The largest absolute Gasteiger partial charge is 0.313 e. The second kappa shape index (κ2) is 8.42. The molecule has 4 aromatic carbocycles. The molecule has 8 rings (SSSR count). The van der Waals surface area contributed by atoms with Gasteiger partial charge in [-0.2, -0.15) is 0 Å². The van der Waals surface area contributed by atoms with Crippen LogP contribution < -0.4 is 0 Å². The van der Waals surface area contributed by atoms with Gasteiger partial charge in [0.25, 0.3) is 0 Å². The van der Waals surface area contributed by atoms with Crippen molar-refractivity contribution in [3.8, 4) is 5.82 Å². The number of aryl methyl sites for hydroxylation is 1. The first-order valence-electron chi connectivity index (χ1n) is 13.2. The molecule has 0 spiro atoms. The molecule has 3 nitrogen and oxygen atoms in total. The van der Waals surface area contributed by atoms with Gasteiger partial charge in [0.1, 0.15) is 5.82 Å². The maximum Gasteiger partial charge on any atom is 0.138 e. The average Bonchev–Trinajstić information content (AvgIpc) is 3.60. The van der Waals surface area contributed by atoms with Crippen LogP contribution in [0.3, 0.4) is 0 Å². The van der Waals surface area contributed by atoms with E-state index >= 15 is 0 Å². The minimum absolute atomic E-state index is 0.946. The SMILES string of the molecule is C/C(=C\c1c(C)sc2cnc(-n3c4ccccc4c4ccccc43)cc12)n1c2ccccc2c2ccccc21. The van der Waals surface area contributed by atoms with Crippen molar-refractivity contribution in [1.82, 2.24) is 14.1 Å². The standard InChI is InChI=1S/C35H25N3S/c1-22(37-30-15-7-3-11-24(30)25-12-4-8-16-31(25)37)19-28-23(2)39-34-21-36-35(20-29(28)34)38-32-17-9-5-13-26(32)27-14-6-10-18-33(27)38/h3-21H,1-2H3/b22-19+. The van der Waals surface area contributed by atoms with Gasteiger partial charge < -0.3 is 4.57 Å². The zero-order chi connectivity index (χ0) is 26.1. The monoisotopic (exact) mass is 519 g/mol. The highest BCUT2D eigenvalue weighted by Gasteiger charge is 2.16. The predicted octanol–water partition coefficient (Wildman–Crippen LogP) is 9.83. The quantitative estimate of drug-likeness (QED) is 0.228. The van der Waals surface area contributed by atoms with Crippen molar-refractivity contribution in [1.29, 1.82) is 0 Å². The molecule has 0 aliphatic rings. The molecule has 0 radical (unpaired) electrons. The smallest absolute Gasteiger partial charge is 0.138 e. The number of nitrogens with zero attached hydrogens (tertiary/aromatic N) is 3. The fraction of sp³-hybridized carbons (Fsp3) is 0.0571. The zero-order valence-corrected chi connectivity index (χ0v) is 22.5. The number of rotatable bonds is 3. The summed E-state index contributed by atoms with van der Waals surface area (Å²) >= 11 is 1.81. The van der Waals surface area contributed by atoms with Crippen LogP contribution in [0.4, 0.5) is 0 Å². The summed E-state index contributed by atoms with van der Waals surface area (Å²) in [5.74, 6) is 0.946. The first-order chi connectivity index (χ1) is 19.2. The third-order valence-corrected chi connectivity index (χ3v) is 8.95. The van der Waals surface area contributed by atoms with Gasteiger partial charge in [0.2, 0.25) is 0 Å². The summed E-state index contributed by atoms with van der Waals surface area (Å²) in [7, 11) is 0. The molecule has 0 saturated heterocycles. The van der Waals surface area contributed by atoms with Crippen molar-refractivity contribution in [2.24, 2.45) is 0 Å². The van der Waals surface area contributed by atoms with E-state index in [4.69, 9.17) is 4.98 Å². The zero-order valence-electron chi connectivity index (χ0n) is 21.7. The van der Waals surface area contributed by atoms with Crippen LogP contribution in [0.1, 0.15) is 17.4 Å². The molecule has 0 aliphatic carbocycles. The van der Waals surface area contributed by atoms with E-state index in [0.717, 1.165) is 5.82 Å². The molecule has 0 amide bonds. The summed E-state index contributed by atoms with van der Waals surface area (Å²) in [6, 6.07) is 36.8. The highest BCUT2D eigenvalue weighted by atomic mass is 32.1. The van der Waals surface area contributed by atoms with Crippen LogP contribution in [0.5, 0.6) is 0 Å². The molecule has 0 N–H and O–H groups in total. The van der Waals surface area contributed by atoms with Crippen LogP contribution in [-0.2, 0) is 0 Å². The van der Waals surface area contributed by atoms with E-state index in [9.17, 15) is 0 Å². The lowest BCUT2D eigenvalue weighted by molar-refractivity contribution is 1.09. The molecular weight excluding hydrogens is 494 g/mol. The maximum atomic E-state index is 4.96. The van der Waals surface area contributed by atoms with E-state index in [0.29, 0.717) is 0 Å². The minimum Gasteiger partial charge on any atom is -0.313 e. The number of para-hydroxylation sites is 4. The summed E-state index contributed by atoms with van der Waals surface area (Å²) in [4.78, 5) is 6.26. The van der Waals surface area contributed by atoms with Gasteiger partial charge in [-0.1, -0.05) is 72.8 Å². The molecule has 39 heavy (non-hydrogen) atoms. The van der Waals surface area contributed by atoms with Crippen molar-refractivity contribution in [2.45, 2.75) is 13.8 Å². The second-order valence-corrected chi connectivity index (χ2v) is 11.4. The summed E-state index contributed by atoms with van der Waals surface area (Å²) in [6.45, 7) is 4.44. The van der Waals surface area contributed by atoms with Crippen molar-refractivity contribution < 1.29 is 0 Å². The lowest BCUT2D eigenvalue weighted by Gasteiger charge is -2.09. The lowest BCUT2D eigenvalue weighted by Crippen LogP contribution is -1.97. The normalized spacial score (nSPS) is 12.5. The van der Waals surface area contributed by atoms with E-state index in [-0.39, 0.29) is 0 Å². The van der Waals surface area contributed by atoms with Gasteiger partial charge in [0.15, 0.2) is 0 Å². The second-order valence-electron chi connectivity index (χ2n) is 10.1. The molecule has 0 unspecified atom stereocenters. The van der Waals surface area contributed by atoms with Crippen LogP contribution in [-0.4, -0.2) is 14.1 Å². The minimum atomic E-state index is 0.946. The van der Waals surface area contributed by atoms with Crippen molar-refractivity contribution >= 4 is 76.8 Å². The summed E-state index contributed by atoms with van der Waals surface area (Å²) in [5.41, 5.74) is 7.28. The Labute approximate surface area is 229 Å². The third-order valence-electron chi connectivity index (χ3n) is 7.88. The molecule has 4 aromatic heterocycles. The lowest BCUT2D eigenvalue weighted by atomic mass is 10.1. The molecular formula is C35H25N3S. The molecule has 186 valence electrons. The van der Waals surface area contributed by atoms with Crippen molar-refractivity contribution in [3.05, 3.63) is 120 Å². The Morgan fingerprint density at radius 3 is 1.72 bits per heavy atom.